The van der Waals surface area contributed by atoms with Gasteiger partial charge >= 0.3 is 6.18 Å². The van der Waals surface area contributed by atoms with Gasteiger partial charge in [-0.3, -0.25) is 0 Å². The monoisotopic (exact) mass is 293 g/mol. The molecule has 3 rings (SSSR count). The quantitative estimate of drug-likeness (QED) is 0.809. The minimum atomic E-state index is -4.32. The summed E-state index contributed by atoms with van der Waals surface area (Å²) in [6.45, 7) is 1.74. The van der Waals surface area contributed by atoms with Gasteiger partial charge in [-0.15, -0.1) is 0 Å². The number of benzene rings is 1. The molecule has 0 atom stereocenters. The summed E-state index contributed by atoms with van der Waals surface area (Å²) in [6, 6.07) is 4.96. The number of rotatable bonds is 1. The lowest BCUT2D eigenvalue weighted by molar-refractivity contribution is -0.137. The number of nitrogens with zero attached hydrogens (tertiary/aromatic N) is 3. The highest BCUT2D eigenvalue weighted by Gasteiger charge is 2.30. The molecule has 0 fully saturated rings. The van der Waals surface area contributed by atoms with Gasteiger partial charge < -0.3 is 4.90 Å². The van der Waals surface area contributed by atoms with Crippen LogP contribution in [0.3, 0.4) is 0 Å². The molecule has 1 aliphatic rings. The zero-order valence-corrected chi connectivity index (χ0v) is 11.5. The van der Waals surface area contributed by atoms with Crippen LogP contribution in [0.4, 0.5) is 13.2 Å². The number of hydrogen-bond donors (Lipinski definition) is 0. The fourth-order valence-electron chi connectivity index (χ4n) is 2.40. The van der Waals surface area contributed by atoms with Gasteiger partial charge in [0, 0.05) is 36.8 Å². The number of hydrogen-bond acceptors (Lipinski definition) is 3. The SMILES string of the molecule is CN1CCc2nc(-c3ccc(C(F)(F)F)cc3)ncc2C1. The molecule has 0 unspecified atom stereocenters. The zero-order valence-electron chi connectivity index (χ0n) is 11.5. The van der Waals surface area contributed by atoms with Crippen molar-refractivity contribution in [2.75, 3.05) is 13.6 Å². The molecular formula is C15H14F3N3. The molecule has 3 nitrogen and oxygen atoms in total. The Morgan fingerprint density at radius 1 is 1.14 bits per heavy atom. The third-order valence-electron chi connectivity index (χ3n) is 3.60. The fraction of sp³-hybridized carbons (Fsp3) is 0.333. The van der Waals surface area contributed by atoms with Crippen LogP contribution in [0, 0.1) is 0 Å². The highest BCUT2D eigenvalue weighted by Crippen LogP contribution is 2.30. The fourth-order valence-corrected chi connectivity index (χ4v) is 2.40. The van der Waals surface area contributed by atoms with Crippen molar-refractivity contribution in [1.29, 1.82) is 0 Å². The van der Waals surface area contributed by atoms with Gasteiger partial charge in [0.2, 0.25) is 0 Å². The maximum Gasteiger partial charge on any atom is 0.416 e. The van der Waals surface area contributed by atoms with E-state index in [-0.39, 0.29) is 0 Å². The summed E-state index contributed by atoms with van der Waals surface area (Å²) in [7, 11) is 2.03. The number of aromatic nitrogens is 2. The van der Waals surface area contributed by atoms with Gasteiger partial charge in [0.25, 0.3) is 0 Å². The molecule has 2 heterocycles. The van der Waals surface area contributed by atoms with E-state index in [1.165, 1.54) is 12.1 Å². The van der Waals surface area contributed by atoms with E-state index in [9.17, 15) is 13.2 Å². The second-order valence-electron chi connectivity index (χ2n) is 5.23. The maximum absolute atomic E-state index is 12.5. The Morgan fingerprint density at radius 3 is 2.52 bits per heavy atom. The molecular weight excluding hydrogens is 279 g/mol. The first-order valence-electron chi connectivity index (χ1n) is 6.64. The summed E-state index contributed by atoms with van der Waals surface area (Å²) in [5.41, 5.74) is 2.01. The second kappa shape index (κ2) is 5.11. The van der Waals surface area contributed by atoms with Gasteiger partial charge in [0.05, 0.1) is 11.3 Å². The van der Waals surface area contributed by atoms with E-state index < -0.39 is 11.7 Å². The van der Waals surface area contributed by atoms with Gasteiger partial charge in [-0.25, -0.2) is 9.97 Å². The van der Waals surface area contributed by atoms with Gasteiger partial charge in [-0.2, -0.15) is 13.2 Å². The molecule has 21 heavy (non-hydrogen) atoms. The molecule has 1 aromatic carbocycles. The van der Waals surface area contributed by atoms with Crippen LogP contribution >= 0.6 is 0 Å². The van der Waals surface area contributed by atoms with E-state index in [0.717, 1.165) is 42.9 Å². The van der Waals surface area contributed by atoms with Crippen molar-refractivity contribution >= 4 is 0 Å². The van der Waals surface area contributed by atoms with Crippen LogP contribution in [-0.4, -0.2) is 28.5 Å². The molecule has 0 N–H and O–H groups in total. The minimum absolute atomic E-state index is 0.479. The number of alkyl halides is 3. The highest BCUT2D eigenvalue weighted by molar-refractivity contribution is 5.56. The normalized spacial score (nSPS) is 15.8. The maximum atomic E-state index is 12.5. The molecule has 2 aromatic rings. The van der Waals surface area contributed by atoms with Crippen molar-refractivity contribution in [3.8, 4) is 11.4 Å². The largest absolute Gasteiger partial charge is 0.416 e. The van der Waals surface area contributed by atoms with Crippen LogP contribution in [0.5, 0.6) is 0 Å². The van der Waals surface area contributed by atoms with Crippen LogP contribution < -0.4 is 0 Å². The number of halogens is 3. The van der Waals surface area contributed by atoms with E-state index in [2.05, 4.69) is 14.9 Å². The van der Waals surface area contributed by atoms with Gasteiger partial charge in [-0.1, -0.05) is 12.1 Å². The Kier molecular flexibility index (Phi) is 3.41. The van der Waals surface area contributed by atoms with Crippen molar-refractivity contribution in [1.82, 2.24) is 14.9 Å². The predicted octanol–water partition coefficient (Wildman–Crippen LogP) is 3.15. The lowest BCUT2D eigenvalue weighted by atomic mass is 10.1. The molecule has 0 amide bonds. The lowest BCUT2D eigenvalue weighted by Gasteiger charge is -2.23. The first-order chi connectivity index (χ1) is 9.93. The first-order valence-corrected chi connectivity index (χ1v) is 6.64. The van der Waals surface area contributed by atoms with Crippen LogP contribution in [0.15, 0.2) is 30.5 Å². The van der Waals surface area contributed by atoms with Crippen LogP contribution in [-0.2, 0) is 19.1 Å². The average Bonchev–Trinajstić information content (AvgIpc) is 2.46. The number of fused-ring (bicyclic) bond motifs is 1. The third-order valence-corrected chi connectivity index (χ3v) is 3.60. The van der Waals surface area contributed by atoms with Gasteiger partial charge in [-0.05, 0) is 19.2 Å². The van der Waals surface area contributed by atoms with Crippen LogP contribution in [0.1, 0.15) is 16.8 Å². The van der Waals surface area contributed by atoms with Crippen LogP contribution in [0.2, 0.25) is 0 Å². The van der Waals surface area contributed by atoms with E-state index >= 15 is 0 Å². The zero-order chi connectivity index (χ0) is 15.0. The Hall–Kier alpha value is -1.95. The molecule has 0 saturated carbocycles. The van der Waals surface area contributed by atoms with Crippen molar-refractivity contribution in [2.24, 2.45) is 0 Å². The Bertz CT molecular complexity index is 650. The molecule has 0 spiro atoms. The Morgan fingerprint density at radius 2 is 1.86 bits per heavy atom. The summed E-state index contributed by atoms with van der Waals surface area (Å²) in [5, 5.41) is 0. The lowest BCUT2D eigenvalue weighted by Crippen LogP contribution is -2.27. The molecule has 0 bridgehead atoms. The minimum Gasteiger partial charge on any atom is -0.302 e. The summed E-state index contributed by atoms with van der Waals surface area (Å²) >= 11 is 0. The van der Waals surface area contributed by atoms with E-state index in [1.54, 1.807) is 6.20 Å². The molecule has 0 saturated heterocycles. The van der Waals surface area contributed by atoms with E-state index in [4.69, 9.17) is 0 Å². The molecule has 110 valence electrons. The van der Waals surface area contributed by atoms with Crippen molar-refractivity contribution in [3.63, 3.8) is 0 Å². The molecule has 1 aliphatic heterocycles. The van der Waals surface area contributed by atoms with Gasteiger partial charge in [0.15, 0.2) is 5.82 Å². The first kappa shape index (κ1) is 14.0. The van der Waals surface area contributed by atoms with Crippen molar-refractivity contribution in [2.45, 2.75) is 19.1 Å². The van der Waals surface area contributed by atoms with E-state index in [0.29, 0.717) is 11.4 Å². The number of likely N-dealkylation sites (N-methyl/N-ethyl adjacent to an activating group) is 1. The smallest absolute Gasteiger partial charge is 0.302 e. The average molecular weight is 293 g/mol. The summed E-state index contributed by atoms with van der Waals surface area (Å²) in [4.78, 5) is 10.9. The highest BCUT2D eigenvalue weighted by atomic mass is 19.4. The molecule has 1 aromatic heterocycles. The predicted molar refractivity (Wildman–Crippen MR) is 72.5 cm³/mol. The summed E-state index contributed by atoms with van der Waals surface area (Å²) in [5.74, 6) is 0.479. The van der Waals surface area contributed by atoms with Gasteiger partial charge in [0.1, 0.15) is 0 Å². The van der Waals surface area contributed by atoms with Crippen molar-refractivity contribution < 1.29 is 13.2 Å². The molecule has 6 heteroatoms. The summed E-state index contributed by atoms with van der Waals surface area (Å²) in [6.07, 6.45) is -1.72. The molecule has 0 aliphatic carbocycles. The van der Waals surface area contributed by atoms with E-state index in [1.807, 2.05) is 7.05 Å². The van der Waals surface area contributed by atoms with Crippen molar-refractivity contribution in [3.05, 3.63) is 47.3 Å². The topological polar surface area (TPSA) is 29.0 Å². The molecule has 0 radical (unpaired) electrons. The van der Waals surface area contributed by atoms with Crippen LogP contribution in [0.25, 0.3) is 11.4 Å². The standard InChI is InChI=1S/C15H14F3N3/c1-21-7-6-13-11(9-21)8-19-14(20-13)10-2-4-12(5-3-10)15(16,17)18/h2-5,8H,6-7,9H2,1H3. The summed E-state index contributed by atoms with van der Waals surface area (Å²) < 4.78 is 37.6. The Labute approximate surface area is 120 Å². The second-order valence-corrected chi connectivity index (χ2v) is 5.23. The Balaban J connectivity index is 1.91. The third kappa shape index (κ3) is 2.90.